The van der Waals surface area contributed by atoms with Crippen molar-refractivity contribution in [2.75, 3.05) is 26.2 Å². The van der Waals surface area contributed by atoms with Crippen molar-refractivity contribution in [3.63, 3.8) is 0 Å². The number of hydrogen-bond donors (Lipinski definition) is 2. The Morgan fingerprint density at radius 1 is 1.14 bits per heavy atom. The van der Waals surface area contributed by atoms with Gasteiger partial charge in [0.05, 0.1) is 23.8 Å². The summed E-state index contributed by atoms with van der Waals surface area (Å²) in [5.41, 5.74) is 7.18. The quantitative estimate of drug-likeness (QED) is 0.653. The molecule has 4 amide bonds. The van der Waals surface area contributed by atoms with E-state index in [2.05, 4.69) is 10.2 Å². The third-order valence-electron chi connectivity index (χ3n) is 5.40. The van der Waals surface area contributed by atoms with Crippen molar-refractivity contribution < 1.29 is 23.9 Å². The van der Waals surface area contributed by atoms with Crippen LogP contribution in [0.15, 0.2) is 18.2 Å². The average molecular weight is 386 g/mol. The smallest absolute Gasteiger partial charge is 0.262 e. The molecule has 1 unspecified atom stereocenters. The number of carbonyl (C=O) groups excluding carboxylic acids is 4. The summed E-state index contributed by atoms with van der Waals surface area (Å²) in [5.74, 6) is -1.97. The van der Waals surface area contributed by atoms with Gasteiger partial charge >= 0.3 is 0 Å². The summed E-state index contributed by atoms with van der Waals surface area (Å²) < 4.78 is 5.57. The molecule has 2 atom stereocenters. The third-order valence-corrected chi connectivity index (χ3v) is 5.40. The molecule has 0 saturated carbocycles. The molecular weight excluding hydrogens is 364 g/mol. The summed E-state index contributed by atoms with van der Waals surface area (Å²) in [6.45, 7) is 3.15. The fraction of sp³-hybridized carbons (Fsp3) is 0.474. The Bertz CT molecular complexity index is 855. The van der Waals surface area contributed by atoms with Gasteiger partial charge in [-0.3, -0.25) is 34.3 Å². The van der Waals surface area contributed by atoms with E-state index in [1.807, 2.05) is 6.07 Å². The minimum absolute atomic E-state index is 0.00518. The standard InChI is InChI=1S/C19H22N4O5/c20-8-12-10-22(5-6-28-12)9-11-1-2-13-14(7-11)19(27)23(18(13)26)15-3-4-16(24)21-17(15)25/h1-2,7,12,15H,3-6,8-10,20H2,(H,21,24,25)/t12-,15?/m1/s1. The molecule has 9 heteroatoms. The number of nitrogens with zero attached hydrogens (tertiary/aromatic N) is 2. The predicted octanol–water partition coefficient (Wildman–Crippen LogP) is -0.753. The number of fused-ring (bicyclic) bond motifs is 1. The molecule has 3 aliphatic rings. The second-order valence-corrected chi connectivity index (χ2v) is 7.29. The summed E-state index contributed by atoms with van der Waals surface area (Å²) in [6, 6.07) is 4.23. The first-order chi connectivity index (χ1) is 13.5. The lowest BCUT2D eigenvalue weighted by atomic mass is 10.0. The van der Waals surface area contributed by atoms with Crippen molar-refractivity contribution in [3.8, 4) is 0 Å². The zero-order chi connectivity index (χ0) is 19.8. The first-order valence-electron chi connectivity index (χ1n) is 9.36. The number of carbonyl (C=O) groups is 4. The monoisotopic (exact) mass is 386 g/mol. The van der Waals surface area contributed by atoms with E-state index in [1.54, 1.807) is 12.1 Å². The van der Waals surface area contributed by atoms with Crippen LogP contribution in [0.25, 0.3) is 0 Å². The lowest BCUT2D eigenvalue weighted by Crippen LogP contribution is -2.54. The molecule has 9 nitrogen and oxygen atoms in total. The van der Waals surface area contributed by atoms with Gasteiger partial charge < -0.3 is 10.5 Å². The SMILES string of the molecule is NC[C@@H]1CN(Cc2ccc3c(c2)C(=O)N(C2CCC(=O)NC2=O)C3=O)CCO1. The van der Waals surface area contributed by atoms with Gasteiger partial charge in [0.1, 0.15) is 6.04 Å². The molecule has 0 spiro atoms. The highest BCUT2D eigenvalue weighted by atomic mass is 16.5. The number of rotatable bonds is 4. The molecule has 0 aromatic heterocycles. The van der Waals surface area contributed by atoms with Crippen LogP contribution in [0, 0.1) is 0 Å². The van der Waals surface area contributed by atoms with Crippen LogP contribution in [-0.4, -0.2) is 71.8 Å². The summed E-state index contributed by atoms with van der Waals surface area (Å²) in [6.07, 6.45) is 0.250. The molecule has 0 aliphatic carbocycles. The molecule has 3 heterocycles. The molecule has 1 aromatic carbocycles. The summed E-state index contributed by atoms with van der Waals surface area (Å²) >= 11 is 0. The Balaban J connectivity index is 1.52. The van der Waals surface area contributed by atoms with Gasteiger partial charge in [-0.25, -0.2) is 0 Å². The Kier molecular flexibility index (Phi) is 4.96. The van der Waals surface area contributed by atoms with Crippen molar-refractivity contribution in [3.05, 3.63) is 34.9 Å². The maximum absolute atomic E-state index is 12.9. The fourth-order valence-electron chi connectivity index (χ4n) is 3.94. The number of imide groups is 2. The van der Waals surface area contributed by atoms with E-state index >= 15 is 0 Å². The molecule has 4 rings (SSSR count). The Morgan fingerprint density at radius 2 is 1.93 bits per heavy atom. The van der Waals surface area contributed by atoms with E-state index in [4.69, 9.17) is 10.5 Å². The van der Waals surface area contributed by atoms with Crippen LogP contribution < -0.4 is 11.1 Å². The van der Waals surface area contributed by atoms with Crippen LogP contribution in [0.4, 0.5) is 0 Å². The van der Waals surface area contributed by atoms with Gasteiger partial charge in [0, 0.05) is 32.6 Å². The van der Waals surface area contributed by atoms with Crippen LogP contribution in [0.5, 0.6) is 0 Å². The lowest BCUT2D eigenvalue weighted by Gasteiger charge is -2.32. The summed E-state index contributed by atoms with van der Waals surface area (Å²) in [4.78, 5) is 52.2. The molecule has 28 heavy (non-hydrogen) atoms. The second-order valence-electron chi connectivity index (χ2n) is 7.29. The van der Waals surface area contributed by atoms with E-state index in [-0.39, 0.29) is 24.9 Å². The van der Waals surface area contributed by atoms with Crippen molar-refractivity contribution in [2.24, 2.45) is 5.73 Å². The largest absolute Gasteiger partial charge is 0.374 e. The first-order valence-corrected chi connectivity index (χ1v) is 9.36. The molecule has 148 valence electrons. The van der Waals surface area contributed by atoms with E-state index in [9.17, 15) is 19.2 Å². The Hall–Kier alpha value is -2.62. The highest BCUT2D eigenvalue weighted by Gasteiger charge is 2.44. The minimum atomic E-state index is -0.946. The number of nitrogens with one attached hydrogen (secondary N) is 1. The average Bonchev–Trinajstić information content (AvgIpc) is 2.93. The van der Waals surface area contributed by atoms with Gasteiger partial charge in [-0.05, 0) is 24.1 Å². The maximum Gasteiger partial charge on any atom is 0.262 e. The zero-order valence-electron chi connectivity index (χ0n) is 15.3. The van der Waals surface area contributed by atoms with Gasteiger partial charge in [-0.2, -0.15) is 0 Å². The van der Waals surface area contributed by atoms with E-state index in [0.717, 1.165) is 17.0 Å². The summed E-state index contributed by atoms with van der Waals surface area (Å²) in [7, 11) is 0. The zero-order valence-corrected chi connectivity index (χ0v) is 15.3. The predicted molar refractivity (Wildman–Crippen MR) is 97.2 cm³/mol. The van der Waals surface area contributed by atoms with Gasteiger partial charge in [-0.1, -0.05) is 6.07 Å². The molecular formula is C19H22N4O5. The topological polar surface area (TPSA) is 122 Å². The molecule has 0 radical (unpaired) electrons. The van der Waals surface area contributed by atoms with Crippen LogP contribution in [0.2, 0.25) is 0 Å². The van der Waals surface area contributed by atoms with Gasteiger partial charge in [-0.15, -0.1) is 0 Å². The van der Waals surface area contributed by atoms with Crippen LogP contribution in [-0.2, 0) is 20.9 Å². The third kappa shape index (κ3) is 3.32. The van der Waals surface area contributed by atoms with E-state index in [0.29, 0.717) is 37.4 Å². The second kappa shape index (κ2) is 7.42. The maximum atomic E-state index is 12.9. The Labute approximate surface area is 161 Å². The molecule has 1 aromatic rings. The first kappa shape index (κ1) is 18.7. The number of morpholine rings is 1. The molecule has 0 bridgehead atoms. The van der Waals surface area contributed by atoms with E-state index < -0.39 is 23.8 Å². The van der Waals surface area contributed by atoms with Crippen LogP contribution >= 0.6 is 0 Å². The van der Waals surface area contributed by atoms with Crippen molar-refractivity contribution in [1.29, 1.82) is 0 Å². The minimum Gasteiger partial charge on any atom is -0.374 e. The number of hydrogen-bond acceptors (Lipinski definition) is 7. The number of benzene rings is 1. The van der Waals surface area contributed by atoms with E-state index in [1.165, 1.54) is 0 Å². The number of nitrogens with two attached hydrogens (primary N) is 1. The molecule has 2 saturated heterocycles. The molecule has 2 fully saturated rings. The van der Waals surface area contributed by atoms with Crippen LogP contribution in [0.1, 0.15) is 39.1 Å². The molecule has 3 aliphatic heterocycles. The fourth-order valence-corrected chi connectivity index (χ4v) is 3.94. The van der Waals surface area contributed by atoms with Crippen molar-refractivity contribution in [2.45, 2.75) is 31.5 Å². The number of amides is 4. The highest BCUT2D eigenvalue weighted by Crippen LogP contribution is 2.28. The van der Waals surface area contributed by atoms with Crippen LogP contribution in [0.3, 0.4) is 0 Å². The van der Waals surface area contributed by atoms with Crippen molar-refractivity contribution >= 4 is 23.6 Å². The van der Waals surface area contributed by atoms with Gasteiger partial charge in [0.2, 0.25) is 11.8 Å². The number of piperidine rings is 1. The van der Waals surface area contributed by atoms with Gasteiger partial charge in [0.25, 0.3) is 11.8 Å². The van der Waals surface area contributed by atoms with Crippen molar-refractivity contribution in [1.82, 2.24) is 15.1 Å². The lowest BCUT2D eigenvalue weighted by molar-refractivity contribution is -0.136. The highest BCUT2D eigenvalue weighted by molar-refractivity contribution is 6.23. The molecule has 3 N–H and O–H groups in total. The normalized spacial score (nSPS) is 25.8. The van der Waals surface area contributed by atoms with Gasteiger partial charge in [0.15, 0.2) is 0 Å². The Morgan fingerprint density at radius 3 is 2.68 bits per heavy atom. The number of ether oxygens (including phenoxy) is 1. The summed E-state index contributed by atoms with van der Waals surface area (Å²) in [5, 5.41) is 2.20.